The number of carbonyl (C=O) groups is 1. The second-order valence-electron chi connectivity index (χ2n) is 7.77. The molecule has 5 heterocycles. The Morgan fingerprint density at radius 1 is 1.23 bits per heavy atom. The molecule has 156 valence electrons. The van der Waals surface area contributed by atoms with Crippen molar-refractivity contribution in [3.8, 4) is 11.3 Å². The zero-order valence-electron chi connectivity index (χ0n) is 17.3. The van der Waals surface area contributed by atoms with Gasteiger partial charge in [-0.3, -0.25) is 14.5 Å². The average molecular weight is 414 g/mol. The number of nitrogens with two attached hydrogens (primary N) is 1. The molecule has 4 aromatic rings. The van der Waals surface area contributed by atoms with E-state index in [0.717, 1.165) is 46.2 Å². The Bertz CT molecular complexity index is 1300. The SMILES string of the molecule is Cc1ccncc1-c1cc2cc(Nc3cnn(C4CCN(C)C4=O)c3)ncc2c(N)n1. The molecule has 0 bridgehead atoms. The summed E-state index contributed by atoms with van der Waals surface area (Å²) in [4.78, 5) is 27.2. The number of likely N-dealkylation sites (tertiary alicyclic amines) is 1. The summed E-state index contributed by atoms with van der Waals surface area (Å²) in [6, 6.07) is 5.61. The van der Waals surface area contributed by atoms with Crippen molar-refractivity contribution in [2.24, 2.45) is 0 Å². The van der Waals surface area contributed by atoms with E-state index in [1.807, 2.05) is 38.4 Å². The third-order valence-corrected chi connectivity index (χ3v) is 5.65. The van der Waals surface area contributed by atoms with Crippen LogP contribution in [0.25, 0.3) is 22.0 Å². The van der Waals surface area contributed by atoms with Crippen LogP contribution in [0.5, 0.6) is 0 Å². The molecule has 3 N–H and O–H groups in total. The van der Waals surface area contributed by atoms with Gasteiger partial charge in [-0.05, 0) is 42.5 Å². The number of fused-ring (bicyclic) bond motifs is 1. The standard InChI is InChI=1S/C22H22N8O/c1-13-3-5-24-10-16(13)18-7-14-8-20(25-11-17(14)21(23)28-18)27-15-9-26-30(12-15)19-4-6-29(2)22(19)31/h3,5,7-12,19H,4,6H2,1-2H3,(H2,23,28)(H,25,27). The number of nitrogens with one attached hydrogen (secondary N) is 1. The van der Waals surface area contributed by atoms with Crippen LogP contribution in [-0.2, 0) is 4.79 Å². The fourth-order valence-corrected chi connectivity index (χ4v) is 3.88. The molecule has 4 aromatic heterocycles. The molecule has 9 nitrogen and oxygen atoms in total. The molecule has 0 spiro atoms. The Morgan fingerprint density at radius 3 is 2.87 bits per heavy atom. The molecule has 0 aromatic carbocycles. The fourth-order valence-electron chi connectivity index (χ4n) is 3.88. The van der Waals surface area contributed by atoms with Gasteiger partial charge in [-0.2, -0.15) is 5.10 Å². The highest BCUT2D eigenvalue weighted by atomic mass is 16.2. The van der Waals surface area contributed by atoms with E-state index in [9.17, 15) is 4.79 Å². The third-order valence-electron chi connectivity index (χ3n) is 5.65. The van der Waals surface area contributed by atoms with Gasteiger partial charge < -0.3 is 16.0 Å². The van der Waals surface area contributed by atoms with Crippen molar-refractivity contribution in [2.45, 2.75) is 19.4 Å². The van der Waals surface area contributed by atoms with Crippen LogP contribution in [0.3, 0.4) is 0 Å². The number of anilines is 3. The van der Waals surface area contributed by atoms with Crippen LogP contribution in [0.4, 0.5) is 17.3 Å². The Labute approximate surface area is 178 Å². The molecular formula is C22H22N8O. The van der Waals surface area contributed by atoms with E-state index in [0.29, 0.717) is 11.6 Å². The molecule has 1 unspecified atom stereocenters. The van der Waals surface area contributed by atoms with Gasteiger partial charge in [-0.25, -0.2) is 9.97 Å². The molecule has 0 aliphatic carbocycles. The van der Waals surface area contributed by atoms with Crippen molar-refractivity contribution in [3.63, 3.8) is 0 Å². The third kappa shape index (κ3) is 3.43. The number of nitrogen functional groups attached to an aromatic ring is 1. The molecule has 1 aliphatic rings. The van der Waals surface area contributed by atoms with E-state index >= 15 is 0 Å². The minimum absolute atomic E-state index is 0.0830. The number of hydrogen-bond acceptors (Lipinski definition) is 7. The lowest BCUT2D eigenvalue weighted by molar-refractivity contribution is -0.129. The molecule has 31 heavy (non-hydrogen) atoms. The molecule has 5 rings (SSSR count). The zero-order valence-corrected chi connectivity index (χ0v) is 17.3. The number of amides is 1. The number of likely N-dealkylation sites (N-methyl/N-ethyl adjacent to an activating group) is 1. The minimum atomic E-state index is -0.249. The van der Waals surface area contributed by atoms with E-state index < -0.39 is 0 Å². The summed E-state index contributed by atoms with van der Waals surface area (Å²) in [5.41, 5.74) is 9.75. The summed E-state index contributed by atoms with van der Waals surface area (Å²) >= 11 is 0. The molecule has 0 saturated carbocycles. The lowest BCUT2D eigenvalue weighted by Crippen LogP contribution is -2.24. The second kappa shape index (κ2) is 7.35. The van der Waals surface area contributed by atoms with Gasteiger partial charge in [-0.1, -0.05) is 0 Å². The molecule has 9 heteroatoms. The highest BCUT2D eigenvalue weighted by Crippen LogP contribution is 2.29. The highest BCUT2D eigenvalue weighted by molar-refractivity contribution is 5.94. The Kier molecular flexibility index (Phi) is 4.50. The van der Waals surface area contributed by atoms with Crippen molar-refractivity contribution >= 4 is 34.0 Å². The number of carbonyl (C=O) groups excluding carboxylic acids is 1. The summed E-state index contributed by atoms with van der Waals surface area (Å²) < 4.78 is 1.71. The van der Waals surface area contributed by atoms with Gasteiger partial charge in [0.2, 0.25) is 5.91 Å². The maximum absolute atomic E-state index is 12.2. The molecule has 0 radical (unpaired) electrons. The Hall–Kier alpha value is -4.01. The van der Waals surface area contributed by atoms with Crippen LogP contribution in [0.1, 0.15) is 18.0 Å². The predicted octanol–water partition coefficient (Wildman–Crippen LogP) is 2.93. The monoisotopic (exact) mass is 414 g/mol. The topological polar surface area (TPSA) is 115 Å². The zero-order chi connectivity index (χ0) is 21.5. The highest BCUT2D eigenvalue weighted by Gasteiger charge is 2.31. The average Bonchev–Trinajstić information content (AvgIpc) is 3.34. The summed E-state index contributed by atoms with van der Waals surface area (Å²) in [5, 5.41) is 9.33. The van der Waals surface area contributed by atoms with Gasteiger partial charge >= 0.3 is 0 Å². The van der Waals surface area contributed by atoms with Crippen molar-refractivity contribution in [3.05, 3.63) is 54.7 Å². The summed E-state index contributed by atoms with van der Waals surface area (Å²) in [6.07, 6.45) is 9.54. The number of pyridine rings is 3. The van der Waals surface area contributed by atoms with E-state index in [1.165, 1.54) is 0 Å². The Balaban J connectivity index is 1.45. The van der Waals surface area contributed by atoms with E-state index in [4.69, 9.17) is 5.73 Å². The lowest BCUT2D eigenvalue weighted by atomic mass is 10.1. The number of hydrogen-bond donors (Lipinski definition) is 2. The van der Waals surface area contributed by atoms with Crippen LogP contribution >= 0.6 is 0 Å². The van der Waals surface area contributed by atoms with Crippen LogP contribution in [0.15, 0.2) is 49.2 Å². The number of rotatable bonds is 4. The maximum atomic E-state index is 12.2. The lowest BCUT2D eigenvalue weighted by Gasteiger charge is -2.10. The Morgan fingerprint density at radius 2 is 2.10 bits per heavy atom. The predicted molar refractivity (Wildman–Crippen MR) is 119 cm³/mol. The first-order valence-corrected chi connectivity index (χ1v) is 10.0. The normalized spacial score (nSPS) is 16.3. The van der Waals surface area contributed by atoms with Crippen molar-refractivity contribution in [1.29, 1.82) is 0 Å². The molecular weight excluding hydrogens is 392 g/mol. The van der Waals surface area contributed by atoms with Crippen molar-refractivity contribution < 1.29 is 4.79 Å². The molecule has 1 aliphatic heterocycles. The minimum Gasteiger partial charge on any atom is -0.383 e. The summed E-state index contributed by atoms with van der Waals surface area (Å²) in [6.45, 7) is 2.76. The fraction of sp³-hybridized carbons (Fsp3) is 0.227. The maximum Gasteiger partial charge on any atom is 0.247 e. The van der Waals surface area contributed by atoms with Crippen LogP contribution in [0.2, 0.25) is 0 Å². The van der Waals surface area contributed by atoms with Crippen LogP contribution in [-0.4, -0.2) is 49.1 Å². The van der Waals surface area contributed by atoms with E-state index in [-0.39, 0.29) is 11.9 Å². The van der Waals surface area contributed by atoms with Crippen LogP contribution < -0.4 is 11.1 Å². The number of nitrogens with zero attached hydrogens (tertiary/aromatic N) is 6. The van der Waals surface area contributed by atoms with Crippen LogP contribution in [0, 0.1) is 6.92 Å². The number of aryl methyl sites for hydroxylation is 1. The molecule has 1 fully saturated rings. The first-order valence-electron chi connectivity index (χ1n) is 10.0. The van der Waals surface area contributed by atoms with Gasteiger partial charge in [0.25, 0.3) is 0 Å². The first-order chi connectivity index (χ1) is 15.0. The van der Waals surface area contributed by atoms with Gasteiger partial charge in [0.1, 0.15) is 17.7 Å². The van der Waals surface area contributed by atoms with Crippen molar-refractivity contribution in [1.82, 2.24) is 29.6 Å². The largest absolute Gasteiger partial charge is 0.383 e. The van der Waals surface area contributed by atoms with Crippen molar-refractivity contribution in [2.75, 3.05) is 24.6 Å². The van der Waals surface area contributed by atoms with Gasteiger partial charge in [0.15, 0.2) is 0 Å². The molecule has 1 atom stereocenters. The molecule has 1 amide bonds. The van der Waals surface area contributed by atoms with Gasteiger partial charge in [-0.15, -0.1) is 0 Å². The first kappa shape index (κ1) is 19.0. The summed E-state index contributed by atoms with van der Waals surface area (Å²) in [5.74, 6) is 1.16. The quantitative estimate of drug-likeness (QED) is 0.527. The van der Waals surface area contributed by atoms with Gasteiger partial charge in [0.05, 0.1) is 17.6 Å². The number of aromatic nitrogens is 5. The molecule has 1 saturated heterocycles. The van der Waals surface area contributed by atoms with E-state index in [1.54, 1.807) is 34.4 Å². The second-order valence-corrected chi connectivity index (χ2v) is 7.77. The van der Waals surface area contributed by atoms with E-state index in [2.05, 4.69) is 25.4 Å². The van der Waals surface area contributed by atoms with Gasteiger partial charge in [0, 0.05) is 49.3 Å². The smallest absolute Gasteiger partial charge is 0.247 e. The summed E-state index contributed by atoms with van der Waals surface area (Å²) in [7, 11) is 1.81.